The average molecular weight is 521 g/mol. The summed E-state index contributed by atoms with van der Waals surface area (Å²) in [5.74, 6) is -0.851. The first-order chi connectivity index (χ1) is 17.4. The monoisotopic (exact) mass is 520 g/mol. The van der Waals surface area contributed by atoms with Crippen molar-refractivity contribution in [2.24, 2.45) is 7.05 Å². The van der Waals surface area contributed by atoms with Crippen LogP contribution in [0, 0.1) is 11.3 Å². The van der Waals surface area contributed by atoms with Gasteiger partial charge in [0.05, 0.1) is 23.3 Å². The van der Waals surface area contributed by atoms with Gasteiger partial charge in [-0.3, -0.25) is 9.69 Å². The number of amides is 1. The number of hydrogen-bond acceptors (Lipinski definition) is 10. The quantitative estimate of drug-likeness (QED) is 0.243. The molecule has 1 N–H and O–H groups in total. The van der Waals surface area contributed by atoms with Gasteiger partial charge in [0, 0.05) is 41.9 Å². The number of aliphatic carboxylic acids is 1. The summed E-state index contributed by atoms with van der Waals surface area (Å²) in [6, 6.07) is 12.7. The average Bonchev–Trinajstić information content (AvgIpc) is 3.31. The maximum absolute atomic E-state index is 13.0. The van der Waals surface area contributed by atoms with Crippen molar-refractivity contribution < 1.29 is 19.3 Å². The number of hydrogen-bond donors (Lipinski definition) is 1. The lowest BCUT2D eigenvalue weighted by atomic mass is 10.0. The van der Waals surface area contributed by atoms with Crippen LogP contribution in [0.2, 0.25) is 0 Å². The van der Waals surface area contributed by atoms with Gasteiger partial charge in [-0.15, -0.1) is 16.9 Å². The maximum Gasteiger partial charge on any atom is 0.253 e. The van der Waals surface area contributed by atoms with E-state index >= 15 is 0 Å². The fourth-order valence-corrected chi connectivity index (χ4v) is 6.35. The van der Waals surface area contributed by atoms with E-state index in [2.05, 4.69) is 26.9 Å². The van der Waals surface area contributed by atoms with Gasteiger partial charge < -0.3 is 15.2 Å². The second-order valence-corrected chi connectivity index (χ2v) is 10.3. The molecule has 1 saturated heterocycles. The summed E-state index contributed by atoms with van der Waals surface area (Å²) in [7, 11) is 1.70. The number of nitrogens with one attached hydrogen (secondary N) is 1. The Balaban J connectivity index is 1.24. The van der Waals surface area contributed by atoms with E-state index in [9.17, 15) is 14.7 Å². The molecule has 2 atom stereocenters. The lowest BCUT2D eigenvalue weighted by Gasteiger charge is -2.51. The third kappa shape index (κ3) is 4.65. The molecule has 0 unspecified atom stereocenters. The van der Waals surface area contributed by atoms with E-state index in [0.717, 1.165) is 11.3 Å². The molecule has 0 bridgehead atoms. The molecule has 2 aromatic heterocycles. The Morgan fingerprint density at radius 2 is 2.06 bits per heavy atom. The number of carboxylic acids is 1. The van der Waals surface area contributed by atoms with Crippen LogP contribution >= 0.6 is 23.5 Å². The van der Waals surface area contributed by atoms with Gasteiger partial charge in [0.1, 0.15) is 11.4 Å². The van der Waals surface area contributed by atoms with Crippen molar-refractivity contribution in [3.63, 3.8) is 0 Å². The normalized spacial score (nSPS) is 18.9. The number of tetrazole rings is 1. The third-order valence-corrected chi connectivity index (χ3v) is 8.30. The highest BCUT2D eigenvalue weighted by molar-refractivity contribution is 8.01. The predicted molar refractivity (Wildman–Crippen MR) is 129 cm³/mol. The van der Waals surface area contributed by atoms with Crippen molar-refractivity contribution >= 4 is 41.1 Å². The molecule has 1 amide bonds. The van der Waals surface area contributed by atoms with Crippen molar-refractivity contribution in [1.29, 1.82) is 5.26 Å². The van der Waals surface area contributed by atoms with E-state index in [1.165, 1.54) is 33.1 Å². The Labute approximate surface area is 214 Å². The van der Waals surface area contributed by atoms with Gasteiger partial charge in [0.2, 0.25) is 5.16 Å². The molecule has 0 aliphatic carbocycles. The zero-order chi connectivity index (χ0) is 25.2. The Morgan fingerprint density at radius 1 is 1.31 bits per heavy atom. The number of carboxylic acid groups (broad SMARTS) is 1. The third-order valence-electron chi connectivity index (χ3n) is 5.86. The molecule has 0 saturated carbocycles. The lowest BCUT2D eigenvalue weighted by molar-refractivity contribution is -0.688. The molecule has 36 heavy (non-hydrogen) atoms. The van der Waals surface area contributed by atoms with Crippen molar-refractivity contribution in [2.75, 3.05) is 16.8 Å². The van der Waals surface area contributed by atoms with Gasteiger partial charge in [0.25, 0.3) is 5.91 Å². The van der Waals surface area contributed by atoms with Gasteiger partial charge in [0.15, 0.2) is 18.9 Å². The summed E-state index contributed by atoms with van der Waals surface area (Å²) in [5, 5.41) is 35.6. The number of rotatable bonds is 8. The highest BCUT2D eigenvalue weighted by Gasteiger charge is 2.52. The number of benzene rings is 1. The van der Waals surface area contributed by atoms with Crippen LogP contribution in [-0.4, -0.2) is 59.9 Å². The molecule has 3 aromatic rings. The van der Waals surface area contributed by atoms with Crippen LogP contribution in [0.5, 0.6) is 0 Å². The number of pyridine rings is 1. The van der Waals surface area contributed by atoms with Crippen LogP contribution in [0.15, 0.2) is 65.2 Å². The topological polar surface area (TPSA) is 144 Å². The summed E-state index contributed by atoms with van der Waals surface area (Å²) >= 11 is 2.83. The number of anilines is 1. The second-order valence-electron chi connectivity index (χ2n) is 8.21. The van der Waals surface area contributed by atoms with E-state index in [4.69, 9.17) is 5.26 Å². The van der Waals surface area contributed by atoms with E-state index in [1.807, 2.05) is 41.2 Å². The molecular formula is C23H20N8O3S2. The predicted octanol–water partition coefficient (Wildman–Crippen LogP) is -0.0905. The molecule has 2 aliphatic rings. The molecule has 11 nitrogen and oxygen atoms in total. The van der Waals surface area contributed by atoms with Gasteiger partial charge in [-0.05, 0) is 28.1 Å². The molecule has 2 aliphatic heterocycles. The molecule has 0 spiro atoms. The van der Waals surface area contributed by atoms with Crippen LogP contribution < -0.4 is 15.0 Å². The Kier molecular flexibility index (Phi) is 6.62. The fraction of sp³-hybridized carbons (Fsp3) is 0.261. The highest BCUT2D eigenvalue weighted by Crippen LogP contribution is 2.42. The van der Waals surface area contributed by atoms with E-state index in [1.54, 1.807) is 19.2 Å². The van der Waals surface area contributed by atoms with Gasteiger partial charge in [-0.2, -0.15) is 5.26 Å². The SMILES string of the molecule is Cn1nnnc1SCC1=C(C(=O)[O-])N2C(=O)[C@@H](Nc3cc[n+](Cc4ccc(C#N)cc4)cc3)[C@H]2SC1. The van der Waals surface area contributed by atoms with Crippen molar-refractivity contribution in [1.82, 2.24) is 25.1 Å². The molecule has 1 fully saturated rings. The minimum absolute atomic E-state index is 0.0576. The molecule has 5 rings (SSSR count). The zero-order valence-corrected chi connectivity index (χ0v) is 20.7. The Bertz CT molecular complexity index is 1380. The summed E-state index contributed by atoms with van der Waals surface area (Å²) < 4.78 is 3.50. The molecule has 0 radical (unpaired) electrons. The smallest absolute Gasteiger partial charge is 0.253 e. The van der Waals surface area contributed by atoms with Crippen LogP contribution in [0.1, 0.15) is 11.1 Å². The number of fused-ring (bicyclic) bond motifs is 1. The summed E-state index contributed by atoms with van der Waals surface area (Å²) in [4.78, 5) is 26.2. The number of nitrogens with zero attached hydrogens (tertiary/aromatic N) is 7. The minimum Gasteiger partial charge on any atom is -0.543 e. The molecule has 182 valence electrons. The fourth-order valence-electron chi connectivity index (χ4n) is 4.01. The van der Waals surface area contributed by atoms with E-state index < -0.39 is 12.0 Å². The number of thioether (sulfide) groups is 2. The van der Waals surface area contributed by atoms with Gasteiger partial charge in [-0.25, -0.2) is 9.25 Å². The van der Waals surface area contributed by atoms with Crippen molar-refractivity contribution in [3.8, 4) is 6.07 Å². The van der Waals surface area contributed by atoms with Crippen LogP contribution in [-0.2, 0) is 23.2 Å². The van der Waals surface area contributed by atoms with Crippen LogP contribution in [0.25, 0.3) is 0 Å². The highest BCUT2D eigenvalue weighted by atomic mass is 32.2. The second kappa shape index (κ2) is 10.00. The molecule has 13 heteroatoms. The van der Waals surface area contributed by atoms with Crippen LogP contribution in [0.4, 0.5) is 5.69 Å². The number of aryl methyl sites for hydroxylation is 1. The number of β-lactam (4-membered cyclic amide) rings is 1. The number of carbonyl (C=O) groups excluding carboxylic acids is 2. The number of nitriles is 1. The van der Waals surface area contributed by atoms with Crippen molar-refractivity contribution in [3.05, 3.63) is 71.2 Å². The van der Waals surface area contributed by atoms with E-state index in [-0.39, 0.29) is 17.0 Å². The standard InChI is InChI=1S/C23H20N8O3S2/c1-29-23(26-27-28-29)36-13-16-12-35-21-18(20(32)31(21)19(16)22(33)34)25-17-6-8-30(9-7-17)11-15-4-2-14(10-24)3-5-15/h2-9,18,21H,11-13H2,1H3,(H,33,34)/t18-,21-/m1/s1. The summed E-state index contributed by atoms with van der Waals surface area (Å²) in [6.07, 6.45) is 3.80. The first-order valence-corrected chi connectivity index (χ1v) is 13.0. The largest absolute Gasteiger partial charge is 0.543 e. The lowest BCUT2D eigenvalue weighted by Crippen LogP contribution is -2.68. The van der Waals surface area contributed by atoms with Gasteiger partial charge in [-0.1, -0.05) is 23.9 Å². The zero-order valence-electron chi connectivity index (χ0n) is 19.1. The van der Waals surface area contributed by atoms with Crippen molar-refractivity contribution in [2.45, 2.75) is 23.1 Å². The summed E-state index contributed by atoms with van der Waals surface area (Å²) in [5.41, 5.74) is 3.00. The molecule has 4 heterocycles. The molecular weight excluding hydrogens is 500 g/mol. The first-order valence-electron chi connectivity index (χ1n) is 10.9. The Morgan fingerprint density at radius 3 is 2.69 bits per heavy atom. The molecule has 1 aromatic carbocycles. The number of carbonyl (C=O) groups is 2. The number of aromatic nitrogens is 5. The van der Waals surface area contributed by atoms with Crippen LogP contribution in [0.3, 0.4) is 0 Å². The maximum atomic E-state index is 13.0. The minimum atomic E-state index is -1.36. The summed E-state index contributed by atoms with van der Waals surface area (Å²) in [6.45, 7) is 0.644. The Hall–Kier alpha value is -3.89. The first kappa shape index (κ1) is 23.8. The van der Waals surface area contributed by atoms with E-state index in [0.29, 0.717) is 34.3 Å². The van der Waals surface area contributed by atoms with Gasteiger partial charge >= 0.3 is 0 Å².